The number of hydrogen-bond acceptors (Lipinski definition) is 12. The third-order valence-corrected chi connectivity index (χ3v) is 31.2. The molecule has 2 aliphatic heterocycles. The van der Waals surface area contributed by atoms with Crippen molar-refractivity contribution in [1.82, 2.24) is 0 Å². The van der Waals surface area contributed by atoms with Crippen LogP contribution in [0.25, 0.3) is 165 Å². The molecule has 0 bridgehead atoms. The molecule has 722 valence electrons. The summed E-state index contributed by atoms with van der Waals surface area (Å²) in [7, 11) is 0. The molecule has 12 nitrogen and oxygen atoms in total. The molecule has 2 atom stereocenters. The van der Waals surface area contributed by atoms with Gasteiger partial charge in [-0.15, -0.1) is 0 Å². The maximum atomic E-state index is 6.88. The number of ether oxygens (including phenoxy) is 2. The standard InChI is InChI=1S/C76H54N2O4.C62H48N2O4/c1-43-31-45(3)75(46(4)32-43)77(57-21-19-49-35-55(17-15-51(49)37-57)69-39-53-11-7-9-13-65(53)79-69)59-23-25-63-71(41-59)81-67-29-27-62-61(73(63)67)28-30-68-74(62)64-26-24-60(42-72(64)82-68)78(76-47(5)33-44(2)34-48(76)6)58-22-20-50-36-56(18-16-52(50)38-58)70-40-54-12-8-10-14-66(54)80-70;1-37-13-19-47(29-39(37)3)63(45-21-15-41(16-22-45)57-31-43-9-5-7-11-55(43)65-57)49-25-27-51-53-35-62-54(36-61(53)67-59(51)33-49)52-28-26-50(34-60(52)68-62)64(48-20-14-38(2)40(4)30-48)46-23-17-42(18-24-46)58-32-44-10-6-8-12-56(44)66-58/h7-42H,1-6H3;5-30,33-36,57-58H,31-32H2,1-4H3. The molecule has 150 heavy (non-hydrogen) atoms. The van der Waals surface area contributed by atoms with E-state index >= 15 is 0 Å². The summed E-state index contributed by atoms with van der Waals surface area (Å²) < 4.78 is 52.5. The summed E-state index contributed by atoms with van der Waals surface area (Å²) in [5.41, 5.74) is 40.4. The summed E-state index contributed by atoms with van der Waals surface area (Å²) in [6.45, 7) is 21.8. The number of aryl methyl sites for hydroxylation is 10. The smallest absolute Gasteiger partial charge is 0.137 e. The summed E-state index contributed by atoms with van der Waals surface area (Å²) in [5.74, 6) is 3.68. The van der Waals surface area contributed by atoms with Gasteiger partial charge in [0.15, 0.2) is 0 Å². The molecule has 21 aromatic carbocycles. The first kappa shape index (κ1) is 89.1. The van der Waals surface area contributed by atoms with Gasteiger partial charge in [0.25, 0.3) is 0 Å². The Morgan fingerprint density at radius 1 is 0.193 bits per heavy atom. The third kappa shape index (κ3) is 15.3. The number of rotatable bonds is 16. The first-order valence-electron chi connectivity index (χ1n) is 51.6. The van der Waals surface area contributed by atoms with Gasteiger partial charge >= 0.3 is 0 Å². The maximum Gasteiger partial charge on any atom is 0.137 e. The molecule has 27 aromatic rings. The molecule has 0 saturated heterocycles. The number of anilines is 12. The molecule has 0 saturated carbocycles. The van der Waals surface area contributed by atoms with E-state index in [1.165, 1.54) is 66.8 Å². The Morgan fingerprint density at radius 2 is 0.513 bits per heavy atom. The van der Waals surface area contributed by atoms with Crippen molar-refractivity contribution in [3.05, 3.63) is 478 Å². The number of fused-ring (bicyclic) bond motifs is 21. The Labute approximate surface area is 866 Å². The minimum atomic E-state index is 0.00105. The highest BCUT2D eigenvalue weighted by Gasteiger charge is 2.31. The predicted molar refractivity (Wildman–Crippen MR) is 618 cm³/mol. The summed E-state index contributed by atoms with van der Waals surface area (Å²) in [6, 6.07) is 143. The van der Waals surface area contributed by atoms with Crippen LogP contribution in [0.2, 0.25) is 0 Å². The van der Waals surface area contributed by atoms with Crippen LogP contribution in [-0.4, -0.2) is 0 Å². The van der Waals surface area contributed by atoms with Crippen molar-refractivity contribution >= 4 is 210 Å². The van der Waals surface area contributed by atoms with E-state index < -0.39 is 0 Å². The summed E-state index contributed by atoms with van der Waals surface area (Å²) in [5, 5.41) is 17.4. The van der Waals surface area contributed by atoms with Crippen LogP contribution in [0.1, 0.15) is 90.1 Å². The van der Waals surface area contributed by atoms with Crippen LogP contribution in [0.15, 0.2) is 427 Å². The molecular formula is C138H102N4O8. The molecular weight excluding hydrogens is 1840 g/mol. The minimum Gasteiger partial charge on any atom is -0.485 e. The predicted octanol–water partition coefficient (Wildman–Crippen LogP) is 39.6. The third-order valence-electron chi connectivity index (χ3n) is 31.2. The fourth-order valence-electron chi connectivity index (χ4n) is 23.7. The van der Waals surface area contributed by atoms with Crippen molar-refractivity contribution in [2.24, 2.45) is 0 Å². The minimum absolute atomic E-state index is 0.00105. The van der Waals surface area contributed by atoms with Gasteiger partial charge in [-0.05, 0) is 375 Å². The van der Waals surface area contributed by atoms with E-state index in [9.17, 15) is 0 Å². The first-order valence-corrected chi connectivity index (χ1v) is 51.6. The molecule has 0 spiro atoms. The molecule has 0 N–H and O–H groups in total. The maximum absolute atomic E-state index is 6.88. The van der Waals surface area contributed by atoms with Gasteiger partial charge in [0, 0.05) is 159 Å². The zero-order valence-electron chi connectivity index (χ0n) is 84.7. The molecule has 0 radical (unpaired) electrons. The van der Waals surface area contributed by atoms with Gasteiger partial charge in [-0.3, -0.25) is 0 Å². The monoisotopic (exact) mass is 1940 g/mol. The summed E-state index contributed by atoms with van der Waals surface area (Å²) in [4.78, 5) is 9.39. The topological polar surface area (TPSA) is 110 Å². The molecule has 2 unspecified atom stereocenters. The highest BCUT2D eigenvalue weighted by atomic mass is 16.5. The number of hydrogen-bond donors (Lipinski definition) is 0. The van der Waals surface area contributed by atoms with Crippen LogP contribution in [0.3, 0.4) is 0 Å². The molecule has 29 rings (SSSR count). The SMILES string of the molecule is Cc1cc(C)c(N(c2ccc3cc(-c4cc5ccccc5o4)ccc3c2)c2ccc3c(c2)oc2ccc4c(ccc5oc6cc(N(c7ccc8cc(-c9cc%10ccccc%10o9)ccc8c7)c7c(C)cc(C)cc7C)ccc6c54)c23)c(C)c1.Cc1ccc(N(c2ccc(C3Cc4ccccc4O3)cc2)c2ccc3c(c2)oc2cc4c(cc23)oc2cc(N(c3ccc(C5Cc6ccccc6O5)cc3)c3ccc(C)c(C)c3)ccc24)cc1C. The second-order valence-corrected chi connectivity index (χ2v) is 41.1. The van der Waals surface area contributed by atoms with Gasteiger partial charge in [0.1, 0.15) is 91.1 Å². The lowest BCUT2D eigenvalue weighted by molar-refractivity contribution is 0.238. The van der Waals surface area contributed by atoms with Crippen molar-refractivity contribution in [3.63, 3.8) is 0 Å². The van der Waals surface area contributed by atoms with E-state index in [1.54, 1.807) is 0 Å². The van der Waals surface area contributed by atoms with E-state index in [0.29, 0.717) is 0 Å². The van der Waals surface area contributed by atoms with E-state index in [0.717, 1.165) is 268 Å². The van der Waals surface area contributed by atoms with Gasteiger partial charge in [-0.25, -0.2) is 0 Å². The second-order valence-electron chi connectivity index (χ2n) is 41.1. The van der Waals surface area contributed by atoms with Crippen molar-refractivity contribution < 1.29 is 36.0 Å². The number of benzene rings is 21. The lowest BCUT2D eigenvalue weighted by Crippen LogP contribution is -2.13. The summed E-state index contributed by atoms with van der Waals surface area (Å²) in [6.07, 6.45) is 1.74. The molecule has 0 aliphatic carbocycles. The fraction of sp³-hybridized carbons (Fsp3) is 0.101. The molecule has 8 heterocycles. The van der Waals surface area contributed by atoms with Crippen molar-refractivity contribution in [3.8, 4) is 34.1 Å². The van der Waals surface area contributed by atoms with E-state index in [4.69, 9.17) is 36.0 Å². The molecule has 12 heteroatoms. The zero-order chi connectivity index (χ0) is 101. The van der Waals surface area contributed by atoms with Gasteiger partial charge < -0.3 is 55.6 Å². The Morgan fingerprint density at radius 3 is 0.920 bits per heavy atom. The van der Waals surface area contributed by atoms with Gasteiger partial charge in [0.2, 0.25) is 0 Å². The Hall–Kier alpha value is -18.5. The number of nitrogens with zero attached hydrogens (tertiary/aromatic N) is 4. The lowest BCUT2D eigenvalue weighted by Gasteiger charge is -2.29. The molecule has 2 aliphatic rings. The normalized spacial score (nSPS) is 13.5. The van der Waals surface area contributed by atoms with Gasteiger partial charge in [-0.1, -0.05) is 181 Å². The Kier molecular flexibility index (Phi) is 20.9. The largest absolute Gasteiger partial charge is 0.485 e. The van der Waals surface area contributed by atoms with E-state index in [-0.39, 0.29) is 12.2 Å². The average molecular weight is 1940 g/mol. The van der Waals surface area contributed by atoms with E-state index in [2.05, 4.69) is 441 Å². The van der Waals surface area contributed by atoms with Crippen LogP contribution in [0.5, 0.6) is 11.5 Å². The van der Waals surface area contributed by atoms with Crippen LogP contribution in [0, 0.1) is 69.2 Å². The Balaban J connectivity index is 0.000000147. The van der Waals surface area contributed by atoms with Crippen LogP contribution >= 0.6 is 0 Å². The Bertz CT molecular complexity index is 9510. The highest BCUT2D eigenvalue weighted by molar-refractivity contribution is 6.28. The first-order chi connectivity index (χ1) is 73.3. The summed E-state index contributed by atoms with van der Waals surface area (Å²) >= 11 is 0. The highest BCUT2D eigenvalue weighted by Crippen LogP contribution is 2.53. The molecule has 0 fully saturated rings. The lowest BCUT2D eigenvalue weighted by atomic mass is 9.98. The quantitative estimate of drug-likeness (QED) is 0.0918. The van der Waals surface area contributed by atoms with Crippen LogP contribution in [-0.2, 0) is 12.8 Å². The van der Waals surface area contributed by atoms with Gasteiger partial charge in [-0.2, -0.15) is 0 Å². The molecule has 6 aromatic heterocycles. The molecule has 0 amide bonds. The fourth-order valence-corrected chi connectivity index (χ4v) is 23.7. The van der Waals surface area contributed by atoms with Crippen LogP contribution < -0.4 is 29.1 Å². The van der Waals surface area contributed by atoms with Crippen LogP contribution in [0.4, 0.5) is 68.2 Å². The number of furan rings is 6. The van der Waals surface area contributed by atoms with E-state index in [1.807, 2.05) is 48.5 Å². The second kappa shape index (κ2) is 35.1. The zero-order valence-corrected chi connectivity index (χ0v) is 84.7. The van der Waals surface area contributed by atoms with Crippen molar-refractivity contribution in [2.45, 2.75) is 94.3 Å². The number of para-hydroxylation sites is 4. The van der Waals surface area contributed by atoms with Crippen molar-refractivity contribution in [2.75, 3.05) is 19.6 Å². The van der Waals surface area contributed by atoms with Crippen molar-refractivity contribution in [1.29, 1.82) is 0 Å². The average Bonchev–Trinajstić information content (AvgIpc) is 1.56. The van der Waals surface area contributed by atoms with Gasteiger partial charge in [0.05, 0.1) is 11.4 Å².